The normalized spacial score (nSPS) is 15.8. The highest BCUT2D eigenvalue weighted by Crippen LogP contribution is 2.27. The lowest BCUT2D eigenvalue weighted by Gasteiger charge is -2.32. The molecule has 2 amide bonds. The number of nitrogens with one attached hydrogen (secondary N) is 3. The van der Waals surface area contributed by atoms with Crippen LogP contribution >= 0.6 is 0 Å². The summed E-state index contributed by atoms with van der Waals surface area (Å²) >= 11 is 0. The molecule has 1 aliphatic rings. The molecule has 1 atom stereocenters. The summed E-state index contributed by atoms with van der Waals surface area (Å²) in [5.41, 5.74) is 7.98. The van der Waals surface area contributed by atoms with E-state index in [2.05, 4.69) is 31.4 Å². The quantitative estimate of drug-likeness (QED) is 0.294. The van der Waals surface area contributed by atoms with Gasteiger partial charge in [-0.25, -0.2) is 4.79 Å². The number of likely N-dealkylation sites (tertiary alicyclic amines) is 1. The molecule has 3 rings (SSSR count). The summed E-state index contributed by atoms with van der Waals surface area (Å²) in [6.07, 6.45) is 1.41. The van der Waals surface area contributed by atoms with Gasteiger partial charge in [0.05, 0.1) is 30.0 Å². The number of guanidine groups is 1. The maximum atomic E-state index is 13.0. The van der Waals surface area contributed by atoms with Crippen LogP contribution < -0.4 is 16.4 Å². The predicted octanol–water partition coefficient (Wildman–Crippen LogP) is 3.57. The maximum absolute atomic E-state index is 13.0. The van der Waals surface area contributed by atoms with E-state index in [1.165, 1.54) is 19.2 Å². The van der Waals surface area contributed by atoms with Gasteiger partial charge in [0, 0.05) is 18.7 Å². The summed E-state index contributed by atoms with van der Waals surface area (Å²) in [4.78, 5) is 39.7. The van der Waals surface area contributed by atoms with Crippen molar-refractivity contribution in [1.82, 2.24) is 4.90 Å². The molecule has 35 heavy (non-hydrogen) atoms. The monoisotopic (exact) mass is 479 g/mol. The number of benzene rings is 2. The van der Waals surface area contributed by atoms with Gasteiger partial charge in [0.15, 0.2) is 5.96 Å². The van der Waals surface area contributed by atoms with Crippen molar-refractivity contribution >= 4 is 35.1 Å². The van der Waals surface area contributed by atoms with Gasteiger partial charge in [-0.05, 0) is 54.2 Å². The van der Waals surface area contributed by atoms with E-state index in [1.54, 1.807) is 23.1 Å². The number of carbonyl (C=O) groups excluding carboxylic acids is 3. The molecule has 9 nitrogen and oxygen atoms in total. The molecule has 1 unspecified atom stereocenters. The molecule has 1 fully saturated rings. The molecule has 0 aromatic heterocycles. The van der Waals surface area contributed by atoms with E-state index in [4.69, 9.17) is 15.9 Å². The van der Waals surface area contributed by atoms with E-state index in [0.717, 1.165) is 12.0 Å². The standard InChI is InChI=1S/C26H33N5O4/c1-26(2,3)19-10-7-16(8-11-19)22(32)30-21-14-17(24(34)35-4)9-12-20(21)29-23(33)18-6-5-13-31(15-18)25(27)28/h7-12,14,18H,5-6,13,15H2,1-4H3,(H3,27,28)(H,29,33)(H,30,32). The zero-order valence-corrected chi connectivity index (χ0v) is 20.6. The second-order valence-electron chi connectivity index (χ2n) is 9.69. The number of carbonyl (C=O) groups is 3. The van der Waals surface area contributed by atoms with Crippen molar-refractivity contribution in [1.29, 1.82) is 5.41 Å². The highest BCUT2D eigenvalue weighted by atomic mass is 16.5. The van der Waals surface area contributed by atoms with Gasteiger partial charge in [0.25, 0.3) is 5.91 Å². The second kappa shape index (κ2) is 10.6. The molecular formula is C26H33N5O4. The number of anilines is 2. The summed E-state index contributed by atoms with van der Waals surface area (Å²) < 4.78 is 4.80. The fraction of sp³-hybridized carbons (Fsp3) is 0.385. The number of methoxy groups -OCH3 is 1. The summed E-state index contributed by atoms with van der Waals surface area (Å²) in [6.45, 7) is 7.28. The number of esters is 1. The first-order chi connectivity index (χ1) is 16.5. The molecule has 0 spiro atoms. The molecule has 1 heterocycles. The lowest BCUT2D eigenvalue weighted by atomic mass is 9.87. The Hall–Kier alpha value is -3.88. The average Bonchev–Trinajstić information content (AvgIpc) is 2.84. The Balaban J connectivity index is 1.83. The number of hydrogen-bond acceptors (Lipinski definition) is 5. The van der Waals surface area contributed by atoms with Crippen LogP contribution in [0, 0.1) is 11.3 Å². The number of hydrogen-bond donors (Lipinski definition) is 4. The molecule has 2 aromatic rings. The van der Waals surface area contributed by atoms with E-state index in [1.807, 2.05) is 12.1 Å². The number of ether oxygens (including phenoxy) is 1. The van der Waals surface area contributed by atoms with Crippen LogP contribution in [0.5, 0.6) is 0 Å². The predicted molar refractivity (Wildman–Crippen MR) is 136 cm³/mol. The first-order valence-corrected chi connectivity index (χ1v) is 11.5. The summed E-state index contributed by atoms with van der Waals surface area (Å²) in [6, 6.07) is 11.9. The molecule has 2 aromatic carbocycles. The van der Waals surface area contributed by atoms with Crippen LogP contribution in [0.25, 0.3) is 0 Å². The zero-order chi connectivity index (χ0) is 25.8. The van der Waals surface area contributed by atoms with Crippen LogP contribution in [0.3, 0.4) is 0 Å². The molecule has 1 aliphatic heterocycles. The number of piperidine rings is 1. The van der Waals surface area contributed by atoms with Gasteiger partial charge in [-0.1, -0.05) is 32.9 Å². The molecule has 0 aliphatic carbocycles. The third-order valence-electron chi connectivity index (χ3n) is 6.09. The third kappa shape index (κ3) is 6.38. The zero-order valence-electron chi connectivity index (χ0n) is 20.6. The van der Waals surface area contributed by atoms with Crippen LogP contribution in [0.1, 0.15) is 59.9 Å². The molecular weight excluding hydrogens is 446 g/mol. The molecule has 0 bridgehead atoms. The van der Waals surface area contributed by atoms with E-state index in [9.17, 15) is 14.4 Å². The minimum absolute atomic E-state index is 0.0433. The molecule has 9 heteroatoms. The fourth-order valence-electron chi connectivity index (χ4n) is 3.96. The van der Waals surface area contributed by atoms with Crippen LogP contribution in [-0.4, -0.2) is 48.8 Å². The summed E-state index contributed by atoms with van der Waals surface area (Å²) in [7, 11) is 1.27. The van der Waals surface area contributed by atoms with Crippen molar-refractivity contribution in [2.24, 2.45) is 11.7 Å². The number of rotatable bonds is 5. The first-order valence-electron chi connectivity index (χ1n) is 11.5. The van der Waals surface area contributed by atoms with Crippen molar-refractivity contribution < 1.29 is 19.1 Å². The summed E-state index contributed by atoms with van der Waals surface area (Å²) in [5.74, 6) is -1.59. The number of nitrogens with zero attached hydrogens (tertiary/aromatic N) is 1. The van der Waals surface area contributed by atoms with Gasteiger partial charge in [0.2, 0.25) is 5.91 Å². The van der Waals surface area contributed by atoms with Crippen LogP contribution in [-0.2, 0) is 14.9 Å². The van der Waals surface area contributed by atoms with Crippen molar-refractivity contribution in [3.63, 3.8) is 0 Å². The van der Waals surface area contributed by atoms with Gasteiger partial charge < -0.3 is 26.0 Å². The largest absolute Gasteiger partial charge is 0.465 e. The first kappa shape index (κ1) is 25.7. The highest BCUT2D eigenvalue weighted by molar-refractivity contribution is 6.08. The maximum Gasteiger partial charge on any atom is 0.337 e. The van der Waals surface area contributed by atoms with Gasteiger partial charge >= 0.3 is 5.97 Å². The molecule has 186 valence electrons. The van der Waals surface area contributed by atoms with Crippen molar-refractivity contribution in [2.45, 2.75) is 39.0 Å². The van der Waals surface area contributed by atoms with Crippen molar-refractivity contribution in [3.8, 4) is 0 Å². The fourth-order valence-corrected chi connectivity index (χ4v) is 3.96. The van der Waals surface area contributed by atoms with Crippen LogP contribution in [0.15, 0.2) is 42.5 Å². The van der Waals surface area contributed by atoms with Gasteiger partial charge in [0.1, 0.15) is 0 Å². The SMILES string of the molecule is COC(=O)c1ccc(NC(=O)C2CCCN(C(=N)N)C2)c(NC(=O)c2ccc(C(C)(C)C)cc2)c1. The smallest absolute Gasteiger partial charge is 0.337 e. The Morgan fingerprint density at radius 1 is 1.03 bits per heavy atom. The van der Waals surface area contributed by atoms with E-state index in [0.29, 0.717) is 30.8 Å². The molecule has 0 radical (unpaired) electrons. The van der Waals surface area contributed by atoms with Crippen molar-refractivity contribution in [3.05, 3.63) is 59.2 Å². The lowest BCUT2D eigenvalue weighted by Crippen LogP contribution is -2.46. The Labute approximate surface area is 205 Å². The summed E-state index contributed by atoms with van der Waals surface area (Å²) in [5, 5.41) is 13.3. The minimum Gasteiger partial charge on any atom is -0.465 e. The number of amides is 2. The van der Waals surface area contributed by atoms with Crippen molar-refractivity contribution in [2.75, 3.05) is 30.8 Å². The van der Waals surface area contributed by atoms with Crippen LogP contribution in [0.4, 0.5) is 11.4 Å². The van der Waals surface area contributed by atoms with Gasteiger partial charge in [-0.3, -0.25) is 15.0 Å². The van der Waals surface area contributed by atoms with Gasteiger partial charge in [-0.2, -0.15) is 0 Å². The molecule has 1 saturated heterocycles. The van der Waals surface area contributed by atoms with Crippen LogP contribution in [0.2, 0.25) is 0 Å². The minimum atomic E-state index is -0.558. The average molecular weight is 480 g/mol. The third-order valence-corrected chi connectivity index (χ3v) is 6.09. The van der Waals surface area contributed by atoms with E-state index in [-0.39, 0.29) is 40.4 Å². The topological polar surface area (TPSA) is 138 Å². The Morgan fingerprint density at radius 3 is 2.29 bits per heavy atom. The Bertz CT molecular complexity index is 1120. The van der Waals surface area contributed by atoms with E-state index < -0.39 is 5.97 Å². The van der Waals surface area contributed by atoms with E-state index >= 15 is 0 Å². The highest BCUT2D eigenvalue weighted by Gasteiger charge is 2.27. The lowest BCUT2D eigenvalue weighted by molar-refractivity contribution is -0.121. The number of nitrogens with two attached hydrogens (primary N) is 1. The van der Waals surface area contributed by atoms with Gasteiger partial charge in [-0.15, -0.1) is 0 Å². The molecule has 0 saturated carbocycles. The Morgan fingerprint density at radius 2 is 1.69 bits per heavy atom. The Kier molecular flexibility index (Phi) is 7.78. The molecule has 5 N–H and O–H groups in total. The second-order valence-corrected chi connectivity index (χ2v) is 9.69.